The Morgan fingerprint density at radius 1 is 1.19 bits per heavy atom. The molecule has 2 aromatic carbocycles. The summed E-state index contributed by atoms with van der Waals surface area (Å²) in [6.07, 6.45) is -0.0486. The van der Waals surface area contributed by atoms with Gasteiger partial charge in [0.05, 0.1) is 6.42 Å². The minimum atomic E-state index is -0.450. The molecule has 0 bridgehead atoms. The van der Waals surface area contributed by atoms with E-state index in [-0.39, 0.29) is 28.8 Å². The van der Waals surface area contributed by atoms with Crippen LogP contribution in [-0.4, -0.2) is 12.5 Å². The minimum absolute atomic E-state index is 0.0486. The normalized spacial score (nSPS) is 12.0. The van der Waals surface area contributed by atoms with Gasteiger partial charge in [0.15, 0.2) is 0 Å². The van der Waals surface area contributed by atoms with Crippen LogP contribution in [0.3, 0.4) is 0 Å². The molecule has 0 aromatic heterocycles. The van der Waals surface area contributed by atoms with E-state index in [0.717, 1.165) is 5.56 Å². The van der Waals surface area contributed by atoms with Crippen molar-refractivity contribution in [3.63, 3.8) is 0 Å². The van der Waals surface area contributed by atoms with Crippen LogP contribution in [0.5, 0.6) is 0 Å². The van der Waals surface area contributed by atoms with E-state index in [0.29, 0.717) is 6.54 Å². The fourth-order valence-electron chi connectivity index (χ4n) is 2.09. The van der Waals surface area contributed by atoms with Crippen LogP contribution in [0, 0.1) is 5.82 Å². The molecule has 1 amide bonds. The van der Waals surface area contributed by atoms with Crippen LogP contribution in [0.2, 0.25) is 5.02 Å². The molecule has 2 aromatic rings. The average molecular weight is 306 g/mol. The van der Waals surface area contributed by atoms with Crippen molar-refractivity contribution in [2.75, 3.05) is 6.54 Å². The number of halogens is 2. The molecule has 0 fully saturated rings. The summed E-state index contributed by atoms with van der Waals surface area (Å²) in [5, 5.41) is 3.10. The zero-order valence-electron chi connectivity index (χ0n) is 11.8. The van der Waals surface area contributed by atoms with Crippen molar-refractivity contribution in [1.29, 1.82) is 0 Å². The lowest BCUT2D eigenvalue weighted by Crippen LogP contribution is -2.29. The number of carbonyl (C=O) groups is 1. The molecule has 0 heterocycles. The molecule has 0 aliphatic heterocycles. The molecular formula is C17H17ClFNO. The quantitative estimate of drug-likeness (QED) is 0.890. The largest absolute Gasteiger partial charge is 0.355 e. The van der Waals surface area contributed by atoms with Crippen molar-refractivity contribution in [1.82, 2.24) is 5.32 Å². The summed E-state index contributed by atoms with van der Waals surface area (Å²) >= 11 is 5.91. The highest BCUT2D eigenvalue weighted by Gasteiger charge is 2.13. The third-order valence-corrected chi connectivity index (χ3v) is 3.73. The standard InChI is InChI=1S/C17H17ClFNO/c1-12(13-6-3-2-4-7-13)11-20-17(21)10-14-15(18)8-5-9-16(14)19/h2-9,12H,10-11H2,1H3,(H,20,21)/t12-/m1/s1. The van der Waals surface area contributed by atoms with Crippen molar-refractivity contribution >= 4 is 17.5 Å². The highest BCUT2D eigenvalue weighted by atomic mass is 35.5. The number of rotatable bonds is 5. The molecular weight excluding hydrogens is 289 g/mol. The van der Waals surface area contributed by atoms with Crippen LogP contribution >= 0.6 is 11.6 Å². The highest BCUT2D eigenvalue weighted by Crippen LogP contribution is 2.19. The van der Waals surface area contributed by atoms with E-state index >= 15 is 0 Å². The Morgan fingerprint density at radius 3 is 2.57 bits per heavy atom. The van der Waals surface area contributed by atoms with Crippen LogP contribution < -0.4 is 5.32 Å². The maximum absolute atomic E-state index is 13.6. The van der Waals surface area contributed by atoms with Crippen molar-refractivity contribution in [2.24, 2.45) is 0 Å². The van der Waals surface area contributed by atoms with Crippen LogP contribution in [0.25, 0.3) is 0 Å². The predicted octanol–water partition coefficient (Wildman–Crippen LogP) is 3.94. The first-order valence-corrected chi connectivity index (χ1v) is 7.20. The van der Waals surface area contributed by atoms with E-state index in [9.17, 15) is 9.18 Å². The Kier molecular flexibility index (Phi) is 5.34. The van der Waals surface area contributed by atoms with Gasteiger partial charge in [0, 0.05) is 17.1 Å². The zero-order chi connectivity index (χ0) is 15.2. The molecule has 0 radical (unpaired) electrons. The van der Waals surface area contributed by atoms with Crippen LogP contribution in [0.15, 0.2) is 48.5 Å². The minimum Gasteiger partial charge on any atom is -0.355 e. The Labute approximate surface area is 128 Å². The first-order valence-electron chi connectivity index (χ1n) is 6.82. The molecule has 0 aliphatic rings. The van der Waals surface area contributed by atoms with Crippen LogP contribution in [0.4, 0.5) is 4.39 Å². The van der Waals surface area contributed by atoms with Gasteiger partial charge in [0.25, 0.3) is 0 Å². The molecule has 2 rings (SSSR count). The van der Waals surface area contributed by atoms with Gasteiger partial charge in [0.1, 0.15) is 5.82 Å². The first kappa shape index (κ1) is 15.5. The molecule has 21 heavy (non-hydrogen) atoms. The third kappa shape index (κ3) is 4.30. The highest BCUT2D eigenvalue weighted by molar-refractivity contribution is 6.31. The van der Waals surface area contributed by atoms with Crippen LogP contribution in [-0.2, 0) is 11.2 Å². The molecule has 0 saturated carbocycles. The third-order valence-electron chi connectivity index (χ3n) is 3.37. The second-order valence-electron chi connectivity index (χ2n) is 4.99. The monoisotopic (exact) mass is 305 g/mol. The SMILES string of the molecule is C[C@H](CNC(=O)Cc1c(F)cccc1Cl)c1ccccc1. The van der Waals surface area contributed by atoms with Crippen molar-refractivity contribution in [3.05, 3.63) is 70.5 Å². The van der Waals surface area contributed by atoms with E-state index in [1.54, 1.807) is 6.07 Å². The number of carbonyl (C=O) groups excluding carboxylic acids is 1. The summed E-state index contributed by atoms with van der Waals surface area (Å²) in [4.78, 5) is 11.9. The van der Waals surface area contributed by atoms with Gasteiger partial charge < -0.3 is 5.32 Å². The van der Waals surface area contributed by atoms with Gasteiger partial charge in [-0.25, -0.2) is 4.39 Å². The number of benzene rings is 2. The van der Waals surface area contributed by atoms with Crippen LogP contribution in [0.1, 0.15) is 24.0 Å². The maximum Gasteiger partial charge on any atom is 0.224 e. The molecule has 0 aliphatic carbocycles. The number of hydrogen-bond acceptors (Lipinski definition) is 1. The lowest BCUT2D eigenvalue weighted by atomic mass is 10.0. The van der Waals surface area contributed by atoms with E-state index in [1.165, 1.54) is 12.1 Å². The van der Waals surface area contributed by atoms with E-state index < -0.39 is 5.82 Å². The number of amides is 1. The fraction of sp³-hybridized carbons (Fsp3) is 0.235. The summed E-state index contributed by atoms with van der Waals surface area (Å²) < 4.78 is 13.6. The second kappa shape index (κ2) is 7.23. The smallest absolute Gasteiger partial charge is 0.224 e. The predicted molar refractivity (Wildman–Crippen MR) is 83.0 cm³/mol. The van der Waals surface area contributed by atoms with Gasteiger partial charge in [-0.3, -0.25) is 4.79 Å². The Bertz CT molecular complexity index is 595. The first-order chi connectivity index (χ1) is 10.1. The van der Waals surface area contributed by atoms with Crippen molar-refractivity contribution < 1.29 is 9.18 Å². The Morgan fingerprint density at radius 2 is 1.90 bits per heavy atom. The van der Waals surface area contributed by atoms with Gasteiger partial charge in [-0.2, -0.15) is 0 Å². The lowest BCUT2D eigenvalue weighted by molar-refractivity contribution is -0.120. The summed E-state index contributed by atoms with van der Waals surface area (Å²) in [7, 11) is 0. The zero-order valence-corrected chi connectivity index (χ0v) is 12.5. The number of hydrogen-bond donors (Lipinski definition) is 1. The van der Waals surface area contributed by atoms with Crippen molar-refractivity contribution in [3.8, 4) is 0 Å². The van der Waals surface area contributed by atoms with E-state index in [4.69, 9.17) is 11.6 Å². The van der Waals surface area contributed by atoms with Crippen molar-refractivity contribution in [2.45, 2.75) is 19.3 Å². The molecule has 0 spiro atoms. The van der Waals surface area contributed by atoms with E-state index in [1.807, 2.05) is 37.3 Å². The lowest BCUT2D eigenvalue weighted by Gasteiger charge is -2.13. The fourth-order valence-corrected chi connectivity index (χ4v) is 2.32. The Balaban J connectivity index is 1.91. The Hall–Kier alpha value is -1.87. The molecule has 4 heteroatoms. The second-order valence-corrected chi connectivity index (χ2v) is 5.40. The summed E-state index contributed by atoms with van der Waals surface area (Å²) in [6, 6.07) is 14.3. The van der Waals surface area contributed by atoms with E-state index in [2.05, 4.69) is 5.32 Å². The van der Waals surface area contributed by atoms with Gasteiger partial charge in [-0.15, -0.1) is 0 Å². The average Bonchev–Trinajstić information content (AvgIpc) is 2.49. The topological polar surface area (TPSA) is 29.1 Å². The summed E-state index contributed by atoms with van der Waals surface area (Å²) in [5.41, 5.74) is 1.39. The maximum atomic E-state index is 13.6. The summed E-state index contributed by atoms with van der Waals surface area (Å²) in [6.45, 7) is 2.54. The van der Waals surface area contributed by atoms with Gasteiger partial charge >= 0.3 is 0 Å². The van der Waals surface area contributed by atoms with Gasteiger partial charge in [-0.05, 0) is 23.6 Å². The molecule has 110 valence electrons. The molecule has 1 N–H and O–H groups in total. The molecule has 0 saturated heterocycles. The molecule has 1 atom stereocenters. The molecule has 0 unspecified atom stereocenters. The summed E-state index contributed by atoms with van der Waals surface area (Å²) in [5.74, 6) is -0.482. The molecule has 2 nitrogen and oxygen atoms in total. The van der Waals surface area contributed by atoms with Gasteiger partial charge in [-0.1, -0.05) is 54.9 Å². The van der Waals surface area contributed by atoms with Gasteiger partial charge in [0.2, 0.25) is 5.91 Å². The number of nitrogens with one attached hydrogen (secondary N) is 1.